The second-order valence-electron chi connectivity index (χ2n) is 3.19. The summed E-state index contributed by atoms with van der Waals surface area (Å²) in [6.45, 7) is 4.69. The lowest BCUT2D eigenvalue weighted by Gasteiger charge is -2.07. The van der Waals surface area contributed by atoms with Gasteiger partial charge in [0.15, 0.2) is 5.96 Å². The van der Waals surface area contributed by atoms with Crippen LogP contribution >= 0.6 is 27.3 Å². The first kappa shape index (κ1) is 11.5. The van der Waals surface area contributed by atoms with Crippen molar-refractivity contribution >= 4 is 33.2 Å². The van der Waals surface area contributed by atoms with Crippen molar-refractivity contribution in [3.63, 3.8) is 0 Å². The van der Waals surface area contributed by atoms with Gasteiger partial charge in [0.05, 0.1) is 6.54 Å². The van der Waals surface area contributed by atoms with Crippen LogP contribution in [0.5, 0.6) is 0 Å². The molecule has 0 saturated carbocycles. The second-order valence-corrected chi connectivity index (χ2v) is 5.05. The van der Waals surface area contributed by atoms with Gasteiger partial charge in [-0.1, -0.05) is 0 Å². The smallest absolute Gasteiger partial charge is 0.189 e. The highest BCUT2D eigenvalue weighted by atomic mass is 79.9. The maximum Gasteiger partial charge on any atom is 0.189 e. The fraction of sp³-hybridized carbons (Fsp3) is 0.444. The van der Waals surface area contributed by atoms with E-state index in [1.165, 1.54) is 4.88 Å². The molecule has 14 heavy (non-hydrogen) atoms. The molecule has 3 N–H and O–H groups in total. The summed E-state index contributed by atoms with van der Waals surface area (Å²) in [5.41, 5.74) is 5.67. The minimum Gasteiger partial charge on any atom is -0.370 e. The van der Waals surface area contributed by atoms with Crippen LogP contribution in [0.1, 0.15) is 18.7 Å². The lowest BCUT2D eigenvalue weighted by Crippen LogP contribution is -2.36. The van der Waals surface area contributed by atoms with Gasteiger partial charge in [-0.3, -0.25) is 0 Å². The van der Waals surface area contributed by atoms with E-state index in [4.69, 9.17) is 5.73 Å². The molecule has 0 aliphatic heterocycles. The molecule has 0 amide bonds. The highest BCUT2D eigenvalue weighted by molar-refractivity contribution is 9.10. The minimum absolute atomic E-state index is 0.325. The number of halogens is 1. The summed E-state index contributed by atoms with van der Waals surface area (Å²) in [4.78, 5) is 5.42. The van der Waals surface area contributed by atoms with Crippen molar-refractivity contribution in [2.45, 2.75) is 26.4 Å². The number of aliphatic imine (C=N–C) groups is 1. The Hall–Kier alpha value is -0.550. The highest BCUT2D eigenvalue weighted by Gasteiger charge is 2.00. The Morgan fingerprint density at radius 2 is 2.43 bits per heavy atom. The summed E-state index contributed by atoms with van der Waals surface area (Å²) >= 11 is 5.12. The average molecular weight is 276 g/mol. The van der Waals surface area contributed by atoms with Gasteiger partial charge in [0.1, 0.15) is 0 Å². The van der Waals surface area contributed by atoms with Crippen LogP contribution in [-0.4, -0.2) is 12.0 Å². The molecule has 1 heterocycles. The topological polar surface area (TPSA) is 50.4 Å². The summed E-state index contributed by atoms with van der Waals surface area (Å²) in [5.74, 6) is 0.500. The molecule has 0 saturated heterocycles. The molecule has 5 heteroatoms. The number of hydrogen-bond acceptors (Lipinski definition) is 2. The molecule has 0 atom stereocenters. The number of nitrogens with two attached hydrogens (primary N) is 1. The molecule has 78 valence electrons. The largest absolute Gasteiger partial charge is 0.370 e. The van der Waals surface area contributed by atoms with E-state index in [-0.39, 0.29) is 0 Å². The van der Waals surface area contributed by atoms with Gasteiger partial charge in [0.25, 0.3) is 0 Å². The summed E-state index contributed by atoms with van der Waals surface area (Å²) < 4.78 is 1.10. The molecular weight excluding hydrogens is 262 g/mol. The standard InChI is InChI=1S/C9H14BrN3S/c1-6(2)13-9(11)12-5-8-7(10)3-4-14-8/h3-4,6H,5H2,1-2H3,(H3,11,12,13). The first-order valence-corrected chi connectivity index (χ1v) is 6.05. The Labute approximate surface area is 96.5 Å². The second kappa shape index (κ2) is 5.36. The number of thiophene rings is 1. The molecule has 3 nitrogen and oxygen atoms in total. The van der Waals surface area contributed by atoms with Gasteiger partial charge in [-0.05, 0) is 41.2 Å². The molecule has 0 unspecified atom stereocenters. The number of rotatable bonds is 3. The normalized spacial score (nSPS) is 12.1. The van der Waals surface area contributed by atoms with Gasteiger partial charge < -0.3 is 11.1 Å². The summed E-state index contributed by atoms with van der Waals surface area (Å²) in [5, 5.41) is 5.07. The molecule has 0 aliphatic rings. The number of nitrogens with one attached hydrogen (secondary N) is 1. The number of nitrogens with zero attached hydrogens (tertiary/aromatic N) is 1. The SMILES string of the molecule is CC(C)NC(N)=NCc1sccc1Br. The van der Waals surface area contributed by atoms with Gasteiger partial charge in [-0.15, -0.1) is 11.3 Å². The van der Waals surface area contributed by atoms with Gasteiger partial charge in [0, 0.05) is 15.4 Å². The van der Waals surface area contributed by atoms with Crippen molar-refractivity contribution in [1.82, 2.24) is 5.32 Å². The van der Waals surface area contributed by atoms with Crippen LogP contribution in [0.3, 0.4) is 0 Å². The van der Waals surface area contributed by atoms with Gasteiger partial charge in [-0.25, -0.2) is 4.99 Å². The first-order chi connectivity index (χ1) is 6.59. The Bertz CT molecular complexity index is 320. The van der Waals surface area contributed by atoms with Crippen molar-refractivity contribution in [1.29, 1.82) is 0 Å². The predicted molar refractivity (Wildman–Crippen MR) is 65.6 cm³/mol. The lowest BCUT2D eigenvalue weighted by molar-refractivity contribution is 0.724. The van der Waals surface area contributed by atoms with Crippen LogP contribution in [-0.2, 0) is 6.54 Å². The van der Waals surface area contributed by atoms with Crippen LogP contribution in [0.15, 0.2) is 20.9 Å². The van der Waals surface area contributed by atoms with Crippen molar-refractivity contribution in [2.24, 2.45) is 10.7 Å². The molecule has 1 aromatic heterocycles. The van der Waals surface area contributed by atoms with E-state index in [2.05, 4.69) is 26.2 Å². The first-order valence-electron chi connectivity index (χ1n) is 4.38. The Kier molecular flexibility index (Phi) is 4.41. The summed E-state index contributed by atoms with van der Waals surface area (Å²) in [7, 11) is 0. The van der Waals surface area contributed by atoms with E-state index in [1.807, 2.05) is 25.3 Å². The average Bonchev–Trinajstić information content (AvgIpc) is 2.46. The van der Waals surface area contributed by atoms with E-state index in [0.29, 0.717) is 18.5 Å². The summed E-state index contributed by atoms with van der Waals surface area (Å²) in [6, 6.07) is 2.34. The van der Waals surface area contributed by atoms with Gasteiger partial charge in [-0.2, -0.15) is 0 Å². The molecule has 0 aromatic carbocycles. The molecule has 0 spiro atoms. The van der Waals surface area contributed by atoms with Gasteiger partial charge in [0.2, 0.25) is 0 Å². The third-order valence-electron chi connectivity index (χ3n) is 1.52. The quantitative estimate of drug-likeness (QED) is 0.657. The molecule has 0 radical (unpaired) electrons. The van der Waals surface area contributed by atoms with Crippen LogP contribution in [0, 0.1) is 0 Å². The van der Waals surface area contributed by atoms with E-state index in [9.17, 15) is 0 Å². The van der Waals surface area contributed by atoms with Crippen molar-refractivity contribution in [3.05, 3.63) is 20.8 Å². The zero-order valence-electron chi connectivity index (χ0n) is 8.25. The zero-order chi connectivity index (χ0) is 10.6. The Morgan fingerprint density at radius 3 is 2.93 bits per heavy atom. The van der Waals surface area contributed by atoms with E-state index >= 15 is 0 Å². The molecule has 0 fully saturated rings. The maximum atomic E-state index is 5.67. The fourth-order valence-electron chi connectivity index (χ4n) is 0.936. The molecular formula is C9H14BrN3S. The fourth-order valence-corrected chi connectivity index (χ4v) is 2.34. The Morgan fingerprint density at radius 1 is 1.71 bits per heavy atom. The zero-order valence-corrected chi connectivity index (χ0v) is 10.7. The number of guanidine groups is 1. The van der Waals surface area contributed by atoms with E-state index < -0.39 is 0 Å². The van der Waals surface area contributed by atoms with Crippen LogP contribution in [0.4, 0.5) is 0 Å². The lowest BCUT2D eigenvalue weighted by atomic mass is 10.4. The van der Waals surface area contributed by atoms with Crippen molar-refractivity contribution in [3.8, 4) is 0 Å². The maximum absolute atomic E-state index is 5.67. The summed E-state index contributed by atoms with van der Waals surface area (Å²) in [6.07, 6.45) is 0. The third kappa shape index (κ3) is 3.67. The Balaban J connectivity index is 2.50. The molecule has 0 bridgehead atoms. The van der Waals surface area contributed by atoms with Crippen molar-refractivity contribution < 1.29 is 0 Å². The van der Waals surface area contributed by atoms with Crippen LogP contribution < -0.4 is 11.1 Å². The van der Waals surface area contributed by atoms with Crippen LogP contribution in [0.25, 0.3) is 0 Å². The van der Waals surface area contributed by atoms with Gasteiger partial charge >= 0.3 is 0 Å². The third-order valence-corrected chi connectivity index (χ3v) is 3.43. The monoisotopic (exact) mass is 275 g/mol. The van der Waals surface area contributed by atoms with E-state index in [0.717, 1.165) is 4.47 Å². The highest BCUT2D eigenvalue weighted by Crippen LogP contribution is 2.23. The minimum atomic E-state index is 0.325. The number of hydrogen-bond donors (Lipinski definition) is 2. The molecule has 1 aromatic rings. The van der Waals surface area contributed by atoms with Crippen molar-refractivity contribution in [2.75, 3.05) is 0 Å². The van der Waals surface area contributed by atoms with E-state index in [1.54, 1.807) is 11.3 Å². The molecule has 1 rings (SSSR count). The molecule has 0 aliphatic carbocycles. The predicted octanol–water partition coefficient (Wildman–Crippen LogP) is 2.32. The van der Waals surface area contributed by atoms with Crippen LogP contribution in [0.2, 0.25) is 0 Å².